The lowest BCUT2D eigenvalue weighted by Gasteiger charge is -2.32. The van der Waals surface area contributed by atoms with Crippen molar-refractivity contribution < 1.29 is 13.9 Å². The molecule has 0 unspecified atom stereocenters. The summed E-state index contributed by atoms with van der Waals surface area (Å²) < 4.78 is 20.0. The number of rotatable bonds is 3. The van der Waals surface area contributed by atoms with Crippen LogP contribution in [0.15, 0.2) is 53.3 Å². The van der Waals surface area contributed by atoms with E-state index < -0.39 is 0 Å². The Balaban J connectivity index is 1.85. The molecule has 1 amide bonds. The van der Waals surface area contributed by atoms with Gasteiger partial charge in [-0.2, -0.15) is 0 Å². The van der Waals surface area contributed by atoms with Crippen LogP contribution in [0.4, 0.5) is 15.9 Å². The summed E-state index contributed by atoms with van der Waals surface area (Å²) in [6.07, 6.45) is 0.233. The van der Waals surface area contributed by atoms with Gasteiger partial charge in [-0.05, 0) is 42.0 Å². The van der Waals surface area contributed by atoms with E-state index in [0.29, 0.717) is 11.5 Å². The van der Waals surface area contributed by atoms with Gasteiger partial charge in [0.05, 0.1) is 17.7 Å². The van der Waals surface area contributed by atoms with E-state index in [4.69, 9.17) is 4.74 Å². The molecule has 0 aliphatic carbocycles. The predicted octanol–water partition coefficient (Wildman–Crippen LogP) is 3.79. The van der Waals surface area contributed by atoms with Crippen LogP contribution in [0.25, 0.3) is 0 Å². The van der Waals surface area contributed by atoms with Crippen molar-refractivity contribution in [1.29, 1.82) is 0 Å². The fraction of sp³-hybridized carbons (Fsp3) is 0.200. The highest BCUT2D eigenvalue weighted by Crippen LogP contribution is 2.44. The first-order chi connectivity index (χ1) is 13.0. The fourth-order valence-electron chi connectivity index (χ4n) is 3.39. The van der Waals surface area contributed by atoms with Gasteiger partial charge >= 0.3 is 4.87 Å². The van der Waals surface area contributed by atoms with Gasteiger partial charge in [-0.25, -0.2) is 4.39 Å². The number of thiazole rings is 1. The second-order valence-electron chi connectivity index (χ2n) is 6.35. The Morgan fingerprint density at radius 2 is 1.74 bits per heavy atom. The van der Waals surface area contributed by atoms with Crippen molar-refractivity contribution >= 4 is 28.7 Å². The summed E-state index contributed by atoms with van der Waals surface area (Å²) in [7, 11) is 3.25. The van der Waals surface area contributed by atoms with Gasteiger partial charge in [0.2, 0.25) is 5.91 Å². The fourth-order valence-corrected chi connectivity index (χ4v) is 4.48. The third-order valence-corrected chi connectivity index (χ3v) is 5.90. The van der Waals surface area contributed by atoms with E-state index in [1.165, 1.54) is 21.6 Å². The number of carbonyl (C=O) groups is 1. The molecule has 1 aliphatic heterocycles. The second-order valence-corrected chi connectivity index (χ2v) is 7.34. The van der Waals surface area contributed by atoms with Crippen molar-refractivity contribution in [3.63, 3.8) is 0 Å². The SMILES string of the molecule is COc1ccc([C@H]2CC(=O)N(c3ccc(F)cc3)c3c2sc(=O)n3C)cc1. The highest BCUT2D eigenvalue weighted by molar-refractivity contribution is 7.10. The molecule has 3 aromatic rings. The standard InChI is InChI=1S/C20H17FN2O3S/c1-22-19-18(27-20(22)25)16(12-3-9-15(26-2)10-4-12)11-17(24)23(19)14-7-5-13(21)6-8-14/h3-10,16H,11H2,1-2H3/t16-/m1/s1. The molecule has 1 aliphatic rings. The number of amides is 1. The molecule has 0 saturated heterocycles. The Hall–Kier alpha value is -2.93. The average Bonchev–Trinajstić information content (AvgIpc) is 2.97. The van der Waals surface area contributed by atoms with Crippen molar-refractivity contribution in [3.8, 4) is 5.75 Å². The number of benzene rings is 2. The molecule has 0 saturated carbocycles. The van der Waals surface area contributed by atoms with Gasteiger partial charge in [0.1, 0.15) is 17.4 Å². The van der Waals surface area contributed by atoms with Crippen molar-refractivity contribution in [2.45, 2.75) is 12.3 Å². The molecule has 0 bridgehead atoms. The quantitative estimate of drug-likeness (QED) is 0.690. The minimum absolute atomic E-state index is 0.136. The molecule has 0 fully saturated rings. The molecule has 1 aromatic heterocycles. The van der Waals surface area contributed by atoms with Gasteiger partial charge in [-0.1, -0.05) is 23.5 Å². The molecule has 1 atom stereocenters. The largest absolute Gasteiger partial charge is 0.497 e. The number of methoxy groups -OCH3 is 1. The van der Waals surface area contributed by atoms with E-state index in [2.05, 4.69) is 0 Å². The van der Waals surface area contributed by atoms with Crippen molar-refractivity contribution in [1.82, 2.24) is 4.57 Å². The Kier molecular flexibility index (Phi) is 4.31. The van der Waals surface area contributed by atoms with Crippen molar-refractivity contribution in [2.24, 2.45) is 7.05 Å². The van der Waals surface area contributed by atoms with E-state index in [9.17, 15) is 14.0 Å². The minimum atomic E-state index is -0.376. The third kappa shape index (κ3) is 2.94. The highest BCUT2D eigenvalue weighted by atomic mass is 32.1. The molecule has 0 N–H and O–H groups in total. The number of hydrogen-bond donors (Lipinski definition) is 0. The van der Waals surface area contributed by atoms with Crippen LogP contribution < -0.4 is 14.5 Å². The second kappa shape index (κ2) is 6.66. The van der Waals surface area contributed by atoms with Crippen LogP contribution in [0.5, 0.6) is 5.75 Å². The normalized spacial score (nSPS) is 16.3. The molecule has 2 aromatic carbocycles. The summed E-state index contributed by atoms with van der Waals surface area (Å²) in [5.74, 6) is 0.569. The lowest BCUT2D eigenvalue weighted by atomic mass is 9.90. The zero-order valence-electron chi connectivity index (χ0n) is 14.8. The number of aromatic nitrogens is 1. The predicted molar refractivity (Wildman–Crippen MR) is 103 cm³/mol. The molecule has 27 heavy (non-hydrogen) atoms. The number of carbonyl (C=O) groups excluding carboxylic acids is 1. The lowest BCUT2D eigenvalue weighted by molar-refractivity contribution is -0.118. The summed E-state index contributed by atoms with van der Waals surface area (Å²) in [6, 6.07) is 13.2. The van der Waals surface area contributed by atoms with Gasteiger partial charge in [0, 0.05) is 19.4 Å². The zero-order valence-corrected chi connectivity index (χ0v) is 15.6. The Morgan fingerprint density at radius 3 is 2.37 bits per heavy atom. The van der Waals surface area contributed by atoms with Crippen LogP contribution in [-0.2, 0) is 11.8 Å². The van der Waals surface area contributed by atoms with E-state index in [-0.39, 0.29) is 28.9 Å². The number of nitrogens with zero attached hydrogens (tertiary/aromatic N) is 2. The Bertz CT molecular complexity index is 1050. The number of ether oxygens (including phenoxy) is 1. The van der Waals surface area contributed by atoms with Crippen LogP contribution >= 0.6 is 11.3 Å². The first-order valence-electron chi connectivity index (χ1n) is 8.41. The van der Waals surface area contributed by atoms with E-state index in [0.717, 1.165) is 27.5 Å². The van der Waals surface area contributed by atoms with E-state index >= 15 is 0 Å². The number of fused-ring (bicyclic) bond motifs is 1. The Morgan fingerprint density at radius 1 is 1.07 bits per heavy atom. The van der Waals surface area contributed by atoms with Crippen molar-refractivity contribution in [3.05, 3.63) is 74.5 Å². The molecule has 0 spiro atoms. The lowest BCUT2D eigenvalue weighted by Crippen LogP contribution is -2.34. The molecule has 0 radical (unpaired) electrons. The third-order valence-electron chi connectivity index (χ3n) is 4.77. The average molecular weight is 384 g/mol. The van der Waals surface area contributed by atoms with Gasteiger partial charge in [-0.3, -0.25) is 19.1 Å². The van der Waals surface area contributed by atoms with Crippen LogP contribution in [-0.4, -0.2) is 17.6 Å². The number of halogens is 1. The maximum Gasteiger partial charge on any atom is 0.308 e. The first kappa shape index (κ1) is 17.5. The van der Waals surface area contributed by atoms with Gasteiger partial charge in [0.15, 0.2) is 0 Å². The van der Waals surface area contributed by atoms with Crippen LogP contribution in [0, 0.1) is 5.82 Å². The van der Waals surface area contributed by atoms with E-state index in [1.54, 1.807) is 26.3 Å². The monoisotopic (exact) mass is 384 g/mol. The summed E-state index contributed by atoms with van der Waals surface area (Å²) >= 11 is 1.14. The molecular weight excluding hydrogens is 367 g/mol. The molecule has 7 heteroatoms. The van der Waals surface area contributed by atoms with Crippen molar-refractivity contribution in [2.75, 3.05) is 12.0 Å². The molecule has 4 rings (SSSR count). The maximum absolute atomic E-state index is 13.3. The minimum Gasteiger partial charge on any atom is -0.497 e. The smallest absolute Gasteiger partial charge is 0.308 e. The maximum atomic E-state index is 13.3. The molecule has 5 nitrogen and oxygen atoms in total. The van der Waals surface area contributed by atoms with Crippen LogP contribution in [0.1, 0.15) is 22.8 Å². The topological polar surface area (TPSA) is 51.5 Å². The summed E-state index contributed by atoms with van der Waals surface area (Å²) in [4.78, 5) is 27.6. The summed E-state index contributed by atoms with van der Waals surface area (Å²) in [6.45, 7) is 0. The zero-order chi connectivity index (χ0) is 19.1. The summed E-state index contributed by atoms with van der Waals surface area (Å²) in [5.41, 5.74) is 1.50. The highest BCUT2D eigenvalue weighted by Gasteiger charge is 2.37. The Labute approximate surface area is 159 Å². The first-order valence-corrected chi connectivity index (χ1v) is 9.23. The molecular formula is C20H17FN2O3S. The van der Waals surface area contributed by atoms with Crippen LogP contribution in [0.2, 0.25) is 0 Å². The van der Waals surface area contributed by atoms with Gasteiger partial charge < -0.3 is 4.74 Å². The van der Waals surface area contributed by atoms with Gasteiger partial charge in [0.25, 0.3) is 0 Å². The van der Waals surface area contributed by atoms with E-state index in [1.807, 2.05) is 24.3 Å². The van der Waals surface area contributed by atoms with Gasteiger partial charge in [-0.15, -0.1) is 0 Å². The van der Waals surface area contributed by atoms with Crippen LogP contribution in [0.3, 0.4) is 0 Å². The number of hydrogen-bond acceptors (Lipinski definition) is 4. The molecule has 2 heterocycles. The number of anilines is 2. The summed E-state index contributed by atoms with van der Waals surface area (Å²) in [5, 5.41) is 0. The molecule has 138 valence electrons.